The second kappa shape index (κ2) is 6.36. The Labute approximate surface area is 109 Å². The number of aryl methyl sites for hydroxylation is 1. The van der Waals surface area contributed by atoms with Gasteiger partial charge in [-0.05, 0) is 24.5 Å². The molecule has 0 spiro atoms. The zero-order valence-corrected chi connectivity index (χ0v) is 11.1. The first kappa shape index (κ1) is 12.8. The zero-order valence-electron chi connectivity index (χ0n) is 11.1. The largest absolute Gasteiger partial charge is 0.348 e. The lowest BCUT2D eigenvalue weighted by Crippen LogP contribution is -2.21. The molecule has 96 valence electrons. The van der Waals surface area contributed by atoms with Crippen LogP contribution in [0.15, 0.2) is 36.8 Å². The van der Waals surface area contributed by atoms with Gasteiger partial charge < -0.3 is 10.3 Å². The molecule has 1 aromatic heterocycles. The van der Waals surface area contributed by atoms with E-state index < -0.39 is 0 Å². The van der Waals surface area contributed by atoms with Crippen LogP contribution in [0, 0.1) is 0 Å². The van der Waals surface area contributed by atoms with Gasteiger partial charge in [0.15, 0.2) is 0 Å². The molecule has 0 bridgehead atoms. The molecule has 0 saturated heterocycles. The van der Waals surface area contributed by atoms with Crippen LogP contribution in [0.3, 0.4) is 0 Å². The first-order valence-electron chi connectivity index (χ1n) is 6.59. The fourth-order valence-corrected chi connectivity index (χ4v) is 2.00. The number of rotatable bonds is 6. The van der Waals surface area contributed by atoms with E-state index in [1.807, 2.05) is 6.20 Å². The molecular formula is C15H21N3. The van der Waals surface area contributed by atoms with Gasteiger partial charge in [0.05, 0.1) is 6.33 Å². The summed E-state index contributed by atoms with van der Waals surface area (Å²) in [5.74, 6) is 0. The molecule has 0 aliphatic rings. The van der Waals surface area contributed by atoms with E-state index in [2.05, 4.69) is 53.4 Å². The van der Waals surface area contributed by atoms with E-state index >= 15 is 0 Å². The van der Waals surface area contributed by atoms with Gasteiger partial charge in [-0.15, -0.1) is 0 Å². The lowest BCUT2D eigenvalue weighted by Gasteiger charge is -2.14. The van der Waals surface area contributed by atoms with Crippen molar-refractivity contribution in [2.75, 3.05) is 6.54 Å². The van der Waals surface area contributed by atoms with Crippen molar-refractivity contribution in [3.05, 3.63) is 53.6 Å². The number of H-pyrrole nitrogens is 1. The topological polar surface area (TPSA) is 40.7 Å². The minimum Gasteiger partial charge on any atom is -0.348 e. The minimum absolute atomic E-state index is 0.388. The zero-order chi connectivity index (χ0) is 12.8. The molecule has 1 atom stereocenters. The van der Waals surface area contributed by atoms with E-state index in [-0.39, 0.29) is 0 Å². The summed E-state index contributed by atoms with van der Waals surface area (Å²) in [7, 11) is 0. The van der Waals surface area contributed by atoms with E-state index in [0.717, 1.165) is 19.4 Å². The van der Waals surface area contributed by atoms with Gasteiger partial charge in [0.1, 0.15) is 0 Å². The number of nitrogens with one attached hydrogen (secondary N) is 2. The highest BCUT2D eigenvalue weighted by Gasteiger charge is 2.04. The second-order valence-electron chi connectivity index (χ2n) is 4.60. The Balaban J connectivity index is 1.81. The normalized spacial score (nSPS) is 12.6. The molecule has 3 heteroatoms. The van der Waals surface area contributed by atoms with Crippen LogP contribution in [0.1, 0.15) is 36.7 Å². The van der Waals surface area contributed by atoms with Gasteiger partial charge in [-0.3, -0.25) is 0 Å². The highest BCUT2D eigenvalue weighted by molar-refractivity contribution is 5.24. The number of hydrogen-bond donors (Lipinski definition) is 2. The number of nitrogens with zero attached hydrogens (tertiary/aromatic N) is 1. The van der Waals surface area contributed by atoms with Gasteiger partial charge in [-0.1, -0.05) is 31.2 Å². The van der Waals surface area contributed by atoms with Crippen LogP contribution in [0.4, 0.5) is 0 Å². The van der Waals surface area contributed by atoms with E-state index in [0.29, 0.717) is 6.04 Å². The molecule has 3 nitrogen and oxygen atoms in total. The fourth-order valence-electron chi connectivity index (χ4n) is 2.00. The van der Waals surface area contributed by atoms with Crippen molar-refractivity contribution < 1.29 is 0 Å². The average molecular weight is 243 g/mol. The van der Waals surface area contributed by atoms with Gasteiger partial charge in [-0.25, -0.2) is 4.98 Å². The third kappa shape index (κ3) is 3.44. The molecule has 1 unspecified atom stereocenters. The molecule has 1 heterocycles. The summed E-state index contributed by atoms with van der Waals surface area (Å²) in [6.45, 7) is 5.34. The summed E-state index contributed by atoms with van der Waals surface area (Å²) < 4.78 is 0. The second-order valence-corrected chi connectivity index (χ2v) is 4.60. The van der Waals surface area contributed by atoms with E-state index in [1.165, 1.54) is 16.8 Å². The van der Waals surface area contributed by atoms with Crippen molar-refractivity contribution in [3.63, 3.8) is 0 Å². The molecule has 1 aromatic carbocycles. The maximum atomic E-state index is 4.01. The molecule has 18 heavy (non-hydrogen) atoms. The molecular weight excluding hydrogens is 222 g/mol. The summed E-state index contributed by atoms with van der Waals surface area (Å²) in [5.41, 5.74) is 3.91. The predicted molar refractivity (Wildman–Crippen MR) is 74.5 cm³/mol. The average Bonchev–Trinajstić information content (AvgIpc) is 2.92. The molecule has 0 amide bonds. The van der Waals surface area contributed by atoms with E-state index in [1.54, 1.807) is 6.33 Å². The maximum Gasteiger partial charge on any atom is 0.0921 e. The number of aromatic nitrogens is 2. The van der Waals surface area contributed by atoms with Gasteiger partial charge >= 0.3 is 0 Å². The van der Waals surface area contributed by atoms with Crippen LogP contribution in [-0.4, -0.2) is 16.5 Å². The van der Waals surface area contributed by atoms with Crippen molar-refractivity contribution in [1.29, 1.82) is 0 Å². The Kier molecular flexibility index (Phi) is 4.53. The first-order chi connectivity index (χ1) is 8.79. The summed E-state index contributed by atoms with van der Waals surface area (Å²) in [6.07, 6.45) is 5.68. The van der Waals surface area contributed by atoms with Crippen LogP contribution in [0.5, 0.6) is 0 Å². The molecule has 2 aromatic rings. The SMILES string of the molecule is CCc1ccc(C(C)NCCc2cnc[nH]2)cc1. The van der Waals surface area contributed by atoms with Gasteiger partial charge in [0.25, 0.3) is 0 Å². The van der Waals surface area contributed by atoms with Crippen LogP contribution < -0.4 is 5.32 Å². The first-order valence-corrected chi connectivity index (χ1v) is 6.59. The van der Waals surface area contributed by atoms with Crippen molar-refractivity contribution in [2.45, 2.75) is 32.7 Å². The van der Waals surface area contributed by atoms with Gasteiger partial charge in [-0.2, -0.15) is 0 Å². The third-order valence-corrected chi connectivity index (χ3v) is 3.29. The van der Waals surface area contributed by atoms with E-state index in [4.69, 9.17) is 0 Å². The van der Waals surface area contributed by atoms with Crippen molar-refractivity contribution >= 4 is 0 Å². The summed E-state index contributed by atoms with van der Waals surface area (Å²) >= 11 is 0. The monoisotopic (exact) mass is 243 g/mol. The summed E-state index contributed by atoms with van der Waals surface area (Å²) in [6, 6.07) is 9.24. The lowest BCUT2D eigenvalue weighted by molar-refractivity contribution is 0.574. The Hall–Kier alpha value is -1.61. The predicted octanol–water partition coefficient (Wildman–Crippen LogP) is 2.87. The van der Waals surface area contributed by atoms with Crippen LogP contribution >= 0.6 is 0 Å². The van der Waals surface area contributed by atoms with Gasteiger partial charge in [0.2, 0.25) is 0 Å². The Morgan fingerprint density at radius 2 is 2.06 bits per heavy atom. The van der Waals surface area contributed by atoms with Crippen molar-refractivity contribution in [1.82, 2.24) is 15.3 Å². The highest BCUT2D eigenvalue weighted by atomic mass is 14.9. The van der Waals surface area contributed by atoms with Crippen LogP contribution in [-0.2, 0) is 12.8 Å². The Morgan fingerprint density at radius 1 is 1.28 bits per heavy atom. The molecule has 0 saturated carbocycles. The maximum absolute atomic E-state index is 4.01. The lowest BCUT2D eigenvalue weighted by atomic mass is 10.0. The standard InChI is InChI=1S/C15H21N3/c1-3-13-4-6-14(7-5-13)12(2)17-9-8-15-10-16-11-18-15/h4-7,10-12,17H,3,8-9H2,1-2H3,(H,16,18). The number of aromatic amines is 1. The number of benzene rings is 1. The fraction of sp³-hybridized carbons (Fsp3) is 0.400. The van der Waals surface area contributed by atoms with Gasteiger partial charge in [0, 0.05) is 30.9 Å². The Morgan fingerprint density at radius 3 is 2.67 bits per heavy atom. The van der Waals surface area contributed by atoms with Crippen molar-refractivity contribution in [3.8, 4) is 0 Å². The Bertz CT molecular complexity index is 445. The number of hydrogen-bond acceptors (Lipinski definition) is 2. The highest BCUT2D eigenvalue weighted by Crippen LogP contribution is 2.13. The van der Waals surface area contributed by atoms with Crippen LogP contribution in [0.2, 0.25) is 0 Å². The molecule has 0 radical (unpaired) electrons. The third-order valence-electron chi connectivity index (χ3n) is 3.29. The summed E-state index contributed by atoms with van der Waals surface area (Å²) in [5, 5.41) is 3.53. The van der Waals surface area contributed by atoms with E-state index in [9.17, 15) is 0 Å². The molecule has 0 aliphatic carbocycles. The van der Waals surface area contributed by atoms with Crippen LogP contribution in [0.25, 0.3) is 0 Å². The summed E-state index contributed by atoms with van der Waals surface area (Å²) in [4.78, 5) is 7.13. The smallest absolute Gasteiger partial charge is 0.0921 e. The number of imidazole rings is 1. The molecule has 0 fully saturated rings. The molecule has 0 aliphatic heterocycles. The quantitative estimate of drug-likeness (QED) is 0.819. The molecule has 2 N–H and O–H groups in total. The van der Waals surface area contributed by atoms with Crippen molar-refractivity contribution in [2.24, 2.45) is 0 Å². The minimum atomic E-state index is 0.388. The molecule has 2 rings (SSSR count).